The SMILES string of the molecule is CCc1c[c-]c(COc2c[c-]c(-c3ccc(OC)cc3S(=O)(=O)[O-])cc2)cc1.CCc1ccc(-c2ccc(COc3ccc(-c4ccc(OC)cc4)c(S(=O)(=O)O)c3)cc2)c(S(=O)(=O)O)c1.CCc1ccc(-c2ccc(COc3ccc(-c4ccc(OC)cc4)c(S(=O)(=O)O)c3)cc2)c(S(=O)(=O)O)c1.O=S(=O)=O.O=S(=O)=O.O=S(=O)=O.O=S(=O)=O.O=S(=O)=O.[Na+].[Na+].[Na+]. The fraction of sp³-hybridized carbons (Fsp3) is 0.154. The van der Waals surface area contributed by atoms with Gasteiger partial charge in [0.1, 0.15) is 71.7 Å². The van der Waals surface area contributed by atoms with Crippen molar-refractivity contribution in [2.45, 2.75) is 84.3 Å². The molecule has 49 heteroatoms. The third-order valence-electron chi connectivity index (χ3n) is 16.3. The van der Waals surface area contributed by atoms with Crippen LogP contribution in [0, 0.1) is 12.1 Å². The minimum absolute atomic E-state index is 0. The van der Waals surface area contributed by atoms with Crippen molar-refractivity contribution in [3.8, 4) is 90.1 Å². The molecule has 4 N–H and O–H groups in total. The first-order valence-electron chi connectivity index (χ1n) is 34.3. The zero-order valence-corrected chi connectivity index (χ0v) is 82.2. The summed E-state index contributed by atoms with van der Waals surface area (Å²) in [5.74, 6) is 2.58. The normalized spacial score (nSPS) is 10.5. The van der Waals surface area contributed by atoms with E-state index in [4.69, 9.17) is 91.6 Å². The summed E-state index contributed by atoms with van der Waals surface area (Å²) in [7, 11) is -33.7. The van der Waals surface area contributed by atoms with Gasteiger partial charge in [-0.15, -0.1) is 98.5 Å². The molecule has 0 heterocycles. The topological polar surface area (TPSA) is 586 Å². The fourth-order valence-corrected chi connectivity index (χ4v) is 14.4. The van der Waals surface area contributed by atoms with E-state index in [2.05, 4.69) is 19.1 Å². The second kappa shape index (κ2) is 55.7. The molecule has 0 amide bonds. The zero-order chi connectivity index (χ0) is 93.0. The number of methoxy groups -OCH3 is 3. The predicted molar refractivity (Wildman–Crippen MR) is 440 cm³/mol. The van der Waals surface area contributed by atoms with Crippen molar-refractivity contribution in [2.75, 3.05) is 21.3 Å². The summed E-state index contributed by atoms with van der Waals surface area (Å²) in [5.41, 5.74) is 9.67. The van der Waals surface area contributed by atoms with Gasteiger partial charge in [0.25, 0.3) is 40.5 Å². The van der Waals surface area contributed by atoms with Crippen LogP contribution < -0.4 is 117 Å². The van der Waals surface area contributed by atoms with Crippen molar-refractivity contribution < 1.29 is 245 Å². The van der Waals surface area contributed by atoms with E-state index >= 15 is 0 Å². The monoisotopic (exact) mass is 1970 g/mol. The van der Waals surface area contributed by atoms with Crippen LogP contribution in [0.2, 0.25) is 0 Å². The van der Waals surface area contributed by atoms with Crippen molar-refractivity contribution >= 4 is 104 Å². The molecule has 0 aliphatic heterocycles. The molecule has 11 aromatic carbocycles. The Hall–Kier alpha value is -9.13. The number of hydrogen-bond donors (Lipinski definition) is 4. The van der Waals surface area contributed by atoms with Crippen molar-refractivity contribution in [2.24, 2.45) is 0 Å². The molecule has 0 aromatic heterocycles. The molecule has 36 nitrogen and oxygen atoms in total. The van der Waals surface area contributed by atoms with Gasteiger partial charge in [-0.25, -0.2) is 8.42 Å². The summed E-state index contributed by atoms with van der Waals surface area (Å²) in [6.07, 6.45) is 2.21. The van der Waals surface area contributed by atoms with Crippen LogP contribution in [0.1, 0.15) is 54.2 Å². The smallest absolute Gasteiger partial charge is 0.745 e. The zero-order valence-electron chi connectivity index (χ0n) is 68.0. The van der Waals surface area contributed by atoms with E-state index in [1.807, 2.05) is 44.2 Å². The fourth-order valence-electron chi connectivity index (χ4n) is 10.7. The largest absolute Gasteiger partial charge is 1.00 e. The number of benzene rings is 11. The Morgan fingerprint density at radius 3 is 0.827 bits per heavy atom. The first-order chi connectivity index (χ1) is 58.0. The van der Waals surface area contributed by atoms with Crippen molar-refractivity contribution in [1.29, 1.82) is 0 Å². The van der Waals surface area contributed by atoms with E-state index in [9.17, 15) is 64.9 Å². The maximum Gasteiger partial charge on any atom is 1.00 e. The van der Waals surface area contributed by atoms with Crippen LogP contribution in [0.15, 0.2) is 249 Å². The number of rotatable bonds is 25. The molecule has 0 bridgehead atoms. The van der Waals surface area contributed by atoms with Crippen LogP contribution in [0.25, 0.3) is 55.6 Å². The Morgan fingerprint density at radius 1 is 0.283 bits per heavy atom. The van der Waals surface area contributed by atoms with Gasteiger partial charge in [0.05, 0.1) is 27.9 Å². The van der Waals surface area contributed by atoms with Gasteiger partial charge in [0.15, 0.2) is 0 Å². The number of aryl methyl sites for hydroxylation is 3. The van der Waals surface area contributed by atoms with Gasteiger partial charge in [-0.1, -0.05) is 136 Å². The predicted octanol–water partition coefficient (Wildman–Crippen LogP) is 1.33. The van der Waals surface area contributed by atoms with Crippen LogP contribution in [0.4, 0.5) is 0 Å². The van der Waals surface area contributed by atoms with Gasteiger partial charge < -0.3 is 33.0 Å². The van der Waals surface area contributed by atoms with Crippen LogP contribution in [-0.2, 0) is 143 Å². The van der Waals surface area contributed by atoms with Gasteiger partial charge in [0, 0.05) is 45.0 Å². The maximum atomic E-state index is 12.1. The third kappa shape index (κ3) is 41.5. The molecular weight excluding hydrogens is 1900 g/mol. The Kier molecular flexibility index (Phi) is 50.8. The van der Waals surface area contributed by atoms with Gasteiger partial charge in [-0.3, -0.25) is 18.2 Å². The van der Waals surface area contributed by atoms with Crippen molar-refractivity contribution in [1.82, 2.24) is 0 Å². The minimum atomic E-state index is -4.66. The summed E-state index contributed by atoms with van der Waals surface area (Å²) >= 11 is 0. The summed E-state index contributed by atoms with van der Waals surface area (Å²) < 4.78 is 329. The maximum absolute atomic E-state index is 12.1. The molecule has 0 radical (unpaired) electrons. The van der Waals surface area contributed by atoms with E-state index in [1.54, 1.807) is 158 Å². The van der Waals surface area contributed by atoms with E-state index in [-0.39, 0.29) is 143 Å². The molecule has 127 heavy (non-hydrogen) atoms. The van der Waals surface area contributed by atoms with Gasteiger partial charge in [-0.2, -0.15) is 63.5 Å². The second-order valence-corrected chi connectivity index (χ2v) is 33.1. The minimum Gasteiger partial charge on any atom is -0.745 e. The third-order valence-corrected chi connectivity index (χ3v) is 20.8. The molecule has 0 saturated heterocycles. The van der Waals surface area contributed by atoms with Gasteiger partial charge >= 0.3 is 142 Å². The molecule has 0 saturated carbocycles. The summed E-state index contributed by atoms with van der Waals surface area (Å²) in [6, 6.07) is 67.5. The Morgan fingerprint density at radius 2 is 0.543 bits per heavy atom. The number of hydrogen-bond acceptors (Lipinski definition) is 32. The molecule has 0 unspecified atom stereocenters. The summed E-state index contributed by atoms with van der Waals surface area (Å²) in [4.78, 5) is -1.24. The number of ether oxygens (including phenoxy) is 6. The molecule has 11 rings (SSSR count). The van der Waals surface area contributed by atoms with Gasteiger partial charge in [-0.05, 0) is 130 Å². The summed E-state index contributed by atoms with van der Waals surface area (Å²) in [6.45, 7) is 6.41. The first kappa shape index (κ1) is 116. The van der Waals surface area contributed by atoms with Crippen molar-refractivity contribution in [3.63, 3.8) is 0 Å². The van der Waals surface area contributed by atoms with E-state index in [0.29, 0.717) is 92.5 Å². The van der Waals surface area contributed by atoms with E-state index < -0.39 is 104 Å². The van der Waals surface area contributed by atoms with E-state index in [1.165, 1.54) is 63.3 Å². The Balaban J connectivity index is 0.000000855. The molecule has 11 aromatic rings. The van der Waals surface area contributed by atoms with Gasteiger partial charge in [0.2, 0.25) is 0 Å². The molecule has 0 atom stereocenters. The molecular formula is C78H71Na3O36S10. The molecule has 0 spiro atoms. The van der Waals surface area contributed by atoms with Crippen LogP contribution in [-0.4, -0.2) is 149 Å². The van der Waals surface area contributed by atoms with Crippen LogP contribution >= 0.6 is 0 Å². The van der Waals surface area contributed by atoms with E-state index in [0.717, 1.165) is 34.2 Å². The molecule has 0 aliphatic carbocycles. The summed E-state index contributed by atoms with van der Waals surface area (Å²) in [5, 5.41) is 0. The standard InChI is InChI=1S/2C28H26O8S2.C22H20O5S.3Na.5O3S/c2*1-3-19-6-14-25(27(16-19)37(29,30)31)21-7-4-20(5-8-21)18-36-24-13-15-26(28(17-24)38(32,33)34)22-9-11-23(35-2)12-10-22;1-3-16-4-6-17(7-5-16)15-27-19-10-8-18(9-11-19)21-13-12-20(26-2)14-22(21)28(23,24)25;;;;5*1-4(2)3/h2*4-17H,3,18H2,1-2H3,(H,29,30,31)(H,32,33,34);4-6,8,10-14H,3,15H2,1-2H3,(H,23,24,25);;;;;;;;/q;;-2;3*+1;;;;;/p-1. The van der Waals surface area contributed by atoms with Crippen molar-refractivity contribution in [3.05, 3.63) is 270 Å². The Labute approximate surface area is 805 Å². The average molecular weight is 1970 g/mol. The quantitative estimate of drug-likeness (QED) is 0.0356. The van der Waals surface area contributed by atoms with Crippen LogP contribution in [0.3, 0.4) is 0 Å². The average Bonchev–Trinajstić information content (AvgIpc) is 0.812. The first-order valence-corrected chi connectivity index (χ1v) is 46.5. The molecule has 0 aliphatic rings. The molecule has 0 fully saturated rings. The second-order valence-electron chi connectivity index (χ2n) is 24.2. The Bertz CT molecular complexity index is 6330. The van der Waals surface area contributed by atoms with Crippen LogP contribution in [0.5, 0.6) is 34.5 Å². The molecule has 662 valence electrons.